The molecule has 0 saturated carbocycles. The molecule has 7 nitrogen and oxygen atoms in total. The Morgan fingerprint density at radius 3 is 2.61 bits per heavy atom. The van der Waals surface area contributed by atoms with Gasteiger partial charge in [-0.3, -0.25) is 9.59 Å². The van der Waals surface area contributed by atoms with Gasteiger partial charge in [0.2, 0.25) is 0 Å². The Morgan fingerprint density at radius 1 is 1.14 bits per heavy atom. The molecule has 1 aliphatic heterocycles. The molecule has 1 atom stereocenters. The first-order valence-corrected chi connectivity index (χ1v) is 8.95. The smallest absolute Gasteiger partial charge is 0.339 e. The molecule has 8 heteroatoms. The molecule has 3 rings (SSSR count). The van der Waals surface area contributed by atoms with Crippen LogP contribution in [0.25, 0.3) is 0 Å². The van der Waals surface area contributed by atoms with Gasteiger partial charge in [0, 0.05) is 5.56 Å². The summed E-state index contributed by atoms with van der Waals surface area (Å²) in [5, 5.41) is 2.82. The first-order chi connectivity index (χ1) is 13.4. The van der Waals surface area contributed by atoms with E-state index in [2.05, 4.69) is 5.32 Å². The van der Waals surface area contributed by atoms with E-state index in [4.69, 9.17) is 25.8 Å². The van der Waals surface area contributed by atoms with Crippen molar-refractivity contribution in [2.75, 3.05) is 18.5 Å². The first-order valence-electron chi connectivity index (χ1n) is 8.57. The minimum Gasteiger partial charge on any atom is -0.486 e. The number of fused-ring (bicyclic) bond motifs is 1. The Kier molecular flexibility index (Phi) is 5.84. The van der Waals surface area contributed by atoms with Crippen molar-refractivity contribution < 1.29 is 28.6 Å². The van der Waals surface area contributed by atoms with Crippen LogP contribution in [0, 0.1) is 0 Å². The van der Waals surface area contributed by atoms with Crippen LogP contribution in [-0.4, -0.2) is 37.0 Å². The second-order valence-electron chi connectivity index (χ2n) is 6.12. The molecule has 1 aliphatic rings. The van der Waals surface area contributed by atoms with Gasteiger partial charge in [0.05, 0.1) is 16.3 Å². The third kappa shape index (κ3) is 4.26. The van der Waals surface area contributed by atoms with Gasteiger partial charge < -0.3 is 19.5 Å². The van der Waals surface area contributed by atoms with Crippen molar-refractivity contribution in [2.45, 2.75) is 20.0 Å². The van der Waals surface area contributed by atoms with E-state index in [0.717, 1.165) is 0 Å². The third-order valence-electron chi connectivity index (χ3n) is 4.05. The lowest BCUT2D eigenvalue weighted by Gasteiger charge is -2.20. The van der Waals surface area contributed by atoms with Crippen LogP contribution in [0.15, 0.2) is 36.4 Å². The zero-order chi connectivity index (χ0) is 20.3. The summed E-state index contributed by atoms with van der Waals surface area (Å²) in [6.45, 7) is 3.55. The standard InChI is InChI=1S/C20H18ClNO6/c1-11(23)14-5-3-4-6-16(14)22-19(24)12(2)28-20(25)13-9-15(21)18-17(10-13)26-7-8-27-18/h3-6,9-10,12H,7-8H2,1-2H3,(H,22,24)/t12-/m0/s1. The van der Waals surface area contributed by atoms with Gasteiger partial charge in [-0.1, -0.05) is 23.7 Å². The van der Waals surface area contributed by atoms with E-state index >= 15 is 0 Å². The van der Waals surface area contributed by atoms with Crippen molar-refractivity contribution in [2.24, 2.45) is 0 Å². The van der Waals surface area contributed by atoms with Crippen LogP contribution in [0.5, 0.6) is 11.5 Å². The summed E-state index contributed by atoms with van der Waals surface area (Å²) in [5.74, 6) is -0.771. The van der Waals surface area contributed by atoms with Crippen LogP contribution in [0.2, 0.25) is 5.02 Å². The highest BCUT2D eigenvalue weighted by Crippen LogP contribution is 2.38. The summed E-state index contributed by atoms with van der Waals surface area (Å²) in [6, 6.07) is 9.44. The number of hydrogen-bond acceptors (Lipinski definition) is 6. The number of para-hydroxylation sites is 1. The predicted molar refractivity (Wildman–Crippen MR) is 102 cm³/mol. The Balaban J connectivity index is 1.70. The van der Waals surface area contributed by atoms with E-state index in [9.17, 15) is 14.4 Å². The van der Waals surface area contributed by atoms with Crippen molar-refractivity contribution in [1.29, 1.82) is 0 Å². The number of ether oxygens (including phenoxy) is 3. The van der Waals surface area contributed by atoms with Crippen LogP contribution in [-0.2, 0) is 9.53 Å². The van der Waals surface area contributed by atoms with Gasteiger partial charge in [-0.05, 0) is 38.1 Å². The summed E-state index contributed by atoms with van der Waals surface area (Å²) < 4.78 is 16.1. The molecular weight excluding hydrogens is 386 g/mol. The Hall–Kier alpha value is -3.06. The summed E-state index contributed by atoms with van der Waals surface area (Å²) in [4.78, 5) is 36.5. The molecule has 0 bridgehead atoms. The fourth-order valence-electron chi connectivity index (χ4n) is 2.64. The molecule has 0 fully saturated rings. The van der Waals surface area contributed by atoms with Crippen LogP contribution >= 0.6 is 11.6 Å². The number of Topliss-reactive ketones (excluding diaryl/α,β-unsaturated/α-hetero) is 1. The number of hydrogen-bond donors (Lipinski definition) is 1. The Bertz CT molecular complexity index is 942. The molecule has 0 aromatic heterocycles. The monoisotopic (exact) mass is 403 g/mol. The van der Waals surface area contributed by atoms with Crippen molar-refractivity contribution in [3.05, 3.63) is 52.5 Å². The van der Waals surface area contributed by atoms with Crippen molar-refractivity contribution in [3.8, 4) is 11.5 Å². The van der Waals surface area contributed by atoms with Gasteiger partial charge in [0.25, 0.3) is 5.91 Å². The maximum atomic E-state index is 12.4. The van der Waals surface area contributed by atoms with Crippen molar-refractivity contribution in [3.63, 3.8) is 0 Å². The quantitative estimate of drug-likeness (QED) is 0.607. The predicted octanol–water partition coefficient (Wildman–Crippen LogP) is 3.50. The van der Waals surface area contributed by atoms with Crippen molar-refractivity contribution in [1.82, 2.24) is 0 Å². The molecule has 0 radical (unpaired) electrons. The summed E-state index contributed by atoms with van der Waals surface area (Å²) in [7, 11) is 0. The summed E-state index contributed by atoms with van der Waals surface area (Å²) in [5.41, 5.74) is 0.858. The lowest BCUT2D eigenvalue weighted by Crippen LogP contribution is -2.30. The van der Waals surface area contributed by atoms with E-state index in [1.54, 1.807) is 24.3 Å². The van der Waals surface area contributed by atoms with Gasteiger partial charge in [-0.25, -0.2) is 4.79 Å². The fourth-order valence-corrected chi connectivity index (χ4v) is 2.91. The van der Waals surface area contributed by atoms with Gasteiger partial charge in [-0.2, -0.15) is 0 Å². The lowest BCUT2D eigenvalue weighted by atomic mass is 10.1. The topological polar surface area (TPSA) is 90.9 Å². The lowest BCUT2D eigenvalue weighted by molar-refractivity contribution is -0.123. The molecular formula is C20H18ClNO6. The molecule has 2 aromatic carbocycles. The molecule has 146 valence electrons. The maximum absolute atomic E-state index is 12.4. The van der Waals surface area contributed by atoms with Crippen LogP contribution in [0.4, 0.5) is 5.69 Å². The zero-order valence-corrected chi connectivity index (χ0v) is 16.0. The molecule has 28 heavy (non-hydrogen) atoms. The number of amides is 1. The number of carbonyl (C=O) groups is 3. The highest BCUT2D eigenvalue weighted by atomic mass is 35.5. The van der Waals surface area contributed by atoms with E-state index in [1.165, 1.54) is 26.0 Å². The number of nitrogens with one attached hydrogen (secondary N) is 1. The SMILES string of the molecule is CC(=O)c1ccccc1NC(=O)[C@H](C)OC(=O)c1cc(Cl)c2c(c1)OCCO2. The second-order valence-corrected chi connectivity index (χ2v) is 6.53. The number of carbonyl (C=O) groups excluding carboxylic acids is 3. The largest absolute Gasteiger partial charge is 0.486 e. The summed E-state index contributed by atoms with van der Waals surface area (Å²) in [6.07, 6.45) is -1.10. The second kappa shape index (κ2) is 8.31. The number of esters is 1. The average molecular weight is 404 g/mol. The number of benzene rings is 2. The highest BCUT2D eigenvalue weighted by Gasteiger charge is 2.24. The van der Waals surface area contributed by atoms with Crippen LogP contribution in [0.3, 0.4) is 0 Å². The minimum absolute atomic E-state index is 0.137. The molecule has 0 spiro atoms. The third-order valence-corrected chi connectivity index (χ3v) is 4.33. The molecule has 0 saturated heterocycles. The molecule has 1 amide bonds. The highest BCUT2D eigenvalue weighted by molar-refractivity contribution is 6.32. The van der Waals surface area contributed by atoms with Gasteiger partial charge >= 0.3 is 5.97 Å². The van der Waals surface area contributed by atoms with Gasteiger partial charge in [0.15, 0.2) is 23.4 Å². The number of halogens is 1. The van der Waals surface area contributed by atoms with Crippen LogP contribution < -0.4 is 14.8 Å². The molecule has 1 heterocycles. The van der Waals surface area contributed by atoms with E-state index in [1.807, 2.05) is 0 Å². The van der Waals surface area contributed by atoms with E-state index in [0.29, 0.717) is 36.0 Å². The minimum atomic E-state index is -1.10. The molecule has 1 N–H and O–H groups in total. The molecule has 2 aromatic rings. The summed E-state index contributed by atoms with van der Waals surface area (Å²) >= 11 is 6.12. The van der Waals surface area contributed by atoms with Gasteiger partial charge in [-0.15, -0.1) is 0 Å². The Labute approximate surface area is 166 Å². The van der Waals surface area contributed by atoms with Crippen LogP contribution in [0.1, 0.15) is 34.6 Å². The normalized spacial score (nSPS) is 13.4. The molecule has 0 aliphatic carbocycles. The van der Waals surface area contributed by atoms with E-state index < -0.39 is 18.0 Å². The zero-order valence-electron chi connectivity index (χ0n) is 15.3. The fraction of sp³-hybridized carbons (Fsp3) is 0.250. The van der Waals surface area contributed by atoms with E-state index in [-0.39, 0.29) is 16.4 Å². The number of anilines is 1. The van der Waals surface area contributed by atoms with Crippen molar-refractivity contribution >= 4 is 34.9 Å². The number of rotatable bonds is 5. The number of ketones is 1. The maximum Gasteiger partial charge on any atom is 0.339 e. The first kappa shape index (κ1) is 19.7. The molecule has 0 unspecified atom stereocenters. The average Bonchev–Trinajstić information content (AvgIpc) is 2.68. The van der Waals surface area contributed by atoms with Gasteiger partial charge in [0.1, 0.15) is 13.2 Å². The Morgan fingerprint density at radius 2 is 1.86 bits per heavy atom.